The molecule has 0 radical (unpaired) electrons. The van der Waals surface area contributed by atoms with Crippen LogP contribution >= 0.6 is 0 Å². The largest absolute Gasteiger partial charge is 0.314 e. The lowest BCUT2D eigenvalue weighted by atomic mass is 9.72. The minimum Gasteiger partial charge on any atom is -0.314 e. The zero-order valence-corrected chi connectivity index (χ0v) is 13.3. The fourth-order valence-corrected chi connectivity index (χ4v) is 2.35. The summed E-state index contributed by atoms with van der Waals surface area (Å²) in [6.07, 6.45) is 5.22. The van der Waals surface area contributed by atoms with Crippen LogP contribution in [0.1, 0.15) is 74.1 Å². The van der Waals surface area contributed by atoms with E-state index in [1.807, 2.05) is 0 Å². The lowest BCUT2D eigenvalue weighted by Crippen LogP contribution is -2.30. The Morgan fingerprint density at radius 2 is 1.65 bits per heavy atom. The number of nitrogens with one attached hydrogen (secondary N) is 1. The van der Waals surface area contributed by atoms with Crippen molar-refractivity contribution in [1.29, 1.82) is 0 Å². The maximum absolute atomic E-state index is 3.58. The van der Waals surface area contributed by atoms with Crippen molar-refractivity contribution >= 4 is 0 Å². The second kappa shape index (κ2) is 8.13. The molecule has 0 aromatic carbocycles. The highest BCUT2D eigenvalue weighted by atomic mass is 14.9. The SMILES string of the molecule is CCCNC(C)CCC(C)(C)C(C)CC(C)C. The van der Waals surface area contributed by atoms with Gasteiger partial charge in [-0.05, 0) is 56.4 Å². The smallest absolute Gasteiger partial charge is 0.00389 e. The fraction of sp³-hybridized carbons (Fsp3) is 1.00. The van der Waals surface area contributed by atoms with Crippen LogP contribution in [-0.4, -0.2) is 12.6 Å². The van der Waals surface area contributed by atoms with Crippen LogP contribution in [0.25, 0.3) is 0 Å². The molecule has 0 aliphatic carbocycles. The first-order valence-corrected chi connectivity index (χ1v) is 7.53. The van der Waals surface area contributed by atoms with Gasteiger partial charge in [0, 0.05) is 6.04 Å². The molecule has 0 spiro atoms. The van der Waals surface area contributed by atoms with Gasteiger partial charge in [0.2, 0.25) is 0 Å². The Hall–Kier alpha value is -0.0400. The van der Waals surface area contributed by atoms with Crippen LogP contribution in [0.3, 0.4) is 0 Å². The Morgan fingerprint density at radius 3 is 2.12 bits per heavy atom. The van der Waals surface area contributed by atoms with E-state index in [1.54, 1.807) is 0 Å². The van der Waals surface area contributed by atoms with Crippen molar-refractivity contribution in [2.45, 2.75) is 80.2 Å². The molecule has 2 atom stereocenters. The second-order valence-corrected chi connectivity index (χ2v) is 6.91. The van der Waals surface area contributed by atoms with Crippen molar-refractivity contribution in [2.75, 3.05) is 6.54 Å². The molecule has 0 aliphatic heterocycles. The van der Waals surface area contributed by atoms with Gasteiger partial charge < -0.3 is 5.32 Å². The molecular formula is C16H35N. The number of hydrogen-bond donors (Lipinski definition) is 1. The molecule has 2 unspecified atom stereocenters. The van der Waals surface area contributed by atoms with Gasteiger partial charge in [-0.15, -0.1) is 0 Å². The highest BCUT2D eigenvalue weighted by Gasteiger charge is 2.26. The fourth-order valence-electron chi connectivity index (χ4n) is 2.35. The van der Waals surface area contributed by atoms with Crippen LogP contribution in [0, 0.1) is 17.3 Å². The summed E-state index contributed by atoms with van der Waals surface area (Å²) in [6.45, 7) is 17.7. The maximum atomic E-state index is 3.58. The van der Waals surface area contributed by atoms with E-state index in [-0.39, 0.29) is 0 Å². The lowest BCUT2D eigenvalue weighted by molar-refractivity contribution is 0.173. The minimum absolute atomic E-state index is 0.479. The molecule has 104 valence electrons. The molecule has 0 amide bonds. The molecule has 1 heteroatoms. The molecule has 0 fully saturated rings. The molecular weight excluding hydrogens is 206 g/mol. The van der Waals surface area contributed by atoms with E-state index in [2.05, 4.69) is 53.8 Å². The number of hydrogen-bond acceptors (Lipinski definition) is 1. The Balaban J connectivity index is 3.98. The normalized spacial score (nSPS) is 16.2. The average molecular weight is 241 g/mol. The van der Waals surface area contributed by atoms with Gasteiger partial charge in [-0.1, -0.05) is 41.5 Å². The van der Waals surface area contributed by atoms with E-state index in [1.165, 1.54) is 25.7 Å². The Bertz CT molecular complexity index is 184. The van der Waals surface area contributed by atoms with Gasteiger partial charge in [-0.3, -0.25) is 0 Å². The summed E-state index contributed by atoms with van der Waals surface area (Å²) in [4.78, 5) is 0. The summed E-state index contributed by atoms with van der Waals surface area (Å²) in [7, 11) is 0. The van der Waals surface area contributed by atoms with Crippen LogP contribution in [0.5, 0.6) is 0 Å². The molecule has 0 saturated carbocycles. The van der Waals surface area contributed by atoms with Crippen molar-refractivity contribution in [3.8, 4) is 0 Å². The summed E-state index contributed by atoms with van der Waals surface area (Å²) in [6, 6.07) is 0.667. The maximum Gasteiger partial charge on any atom is 0.00389 e. The standard InChI is InChI=1S/C16H35N/c1-8-11-17-15(5)9-10-16(6,7)14(4)12-13(2)3/h13-15,17H,8-12H2,1-7H3. The van der Waals surface area contributed by atoms with Crippen molar-refractivity contribution in [3.05, 3.63) is 0 Å². The molecule has 1 nitrogen and oxygen atoms in total. The predicted molar refractivity (Wildman–Crippen MR) is 79.4 cm³/mol. The Labute approximate surface area is 110 Å². The highest BCUT2D eigenvalue weighted by molar-refractivity contribution is 4.78. The monoisotopic (exact) mass is 241 g/mol. The molecule has 0 rings (SSSR count). The molecule has 0 saturated heterocycles. The van der Waals surface area contributed by atoms with Gasteiger partial charge in [0.15, 0.2) is 0 Å². The summed E-state index contributed by atoms with van der Waals surface area (Å²) in [5, 5.41) is 3.58. The molecule has 0 aromatic rings. The highest BCUT2D eigenvalue weighted by Crippen LogP contribution is 2.36. The van der Waals surface area contributed by atoms with E-state index >= 15 is 0 Å². The molecule has 0 bridgehead atoms. The van der Waals surface area contributed by atoms with E-state index < -0.39 is 0 Å². The first-order chi connectivity index (χ1) is 7.79. The third kappa shape index (κ3) is 7.81. The van der Waals surface area contributed by atoms with Crippen molar-refractivity contribution in [1.82, 2.24) is 5.32 Å². The van der Waals surface area contributed by atoms with Crippen LogP contribution in [0.4, 0.5) is 0 Å². The van der Waals surface area contributed by atoms with Crippen molar-refractivity contribution in [3.63, 3.8) is 0 Å². The Kier molecular flexibility index (Phi) is 8.11. The van der Waals surface area contributed by atoms with E-state index in [0.29, 0.717) is 11.5 Å². The van der Waals surface area contributed by atoms with E-state index in [4.69, 9.17) is 0 Å². The third-order valence-corrected chi connectivity index (χ3v) is 4.12. The lowest BCUT2D eigenvalue weighted by Gasteiger charge is -2.34. The van der Waals surface area contributed by atoms with Crippen LogP contribution in [-0.2, 0) is 0 Å². The average Bonchev–Trinajstić information content (AvgIpc) is 2.22. The molecule has 0 heterocycles. The van der Waals surface area contributed by atoms with Crippen LogP contribution in [0.2, 0.25) is 0 Å². The van der Waals surface area contributed by atoms with Crippen LogP contribution in [0.15, 0.2) is 0 Å². The zero-order valence-electron chi connectivity index (χ0n) is 13.3. The topological polar surface area (TPSA) is 12.0 Å². The van der Waals surface area contributed by atoms with E-state index in [9.17, 15) is 0 Å². The van der Waals surface area contributed by atoms with Crippen molar-refractivity contribution in [2.24, 2.45) is 17.3 Å². The summed E-state index contributed by atoms with van der Waals surface area (Å²) in [5.74, 6) is 1.64. The van der Waals surface area contributed by atoms with Gasteiger partial charge in [0.05, 0.1) is 0 Å². The first-order valence-electron chi connectivity index (χ1n) is 7.53. The Morgan fingerprint density at radius 1 is 1.06 bits per heavy atom. The van der Waals surface area contributed by atoms with E-state index in [0.717, 1.165) is 18.4 Å². The van der Waals surface area contributed by atoms with Gasteiger partial charge >= 0.3 is 0 Å². The quantitative estimate of drug-likeness (QED) is 0.607. The van der Waals surface area contributed by atoms with Gasteiger partial charge in [-0.25, -0.2) is 0 Å². The predicted octanol–water partition coefficient (Wildman–Crippen LogP) is 4.86. The van der Waals surface area contributed by atoms with Gasteiger partial charge in [-0.2, -0.15) is 0 Å². The zero-order chi connectivity index (χ0) is 13.5. The summed E-state index contributed by atoms with van der Waals surface area (Å²) >= 11 is 0. The molecule has 0 aromatic heterocycles. The minimum atomic E-state index is 0.479. The molecule has 0 aliphatic rings. The van der Waals surface area contributed by atoms with Gasteiger partial charge in [0.1, 0.15) is 0 Å². The molecule has 1 N–H and O–H groups in total. The first kappa shape index (κ1) is 17.0. The summed E-state index contributed by atoms with van der Waals surface area (Å²) in [5.41, 5.74) is 0.479. The molecule has 17 heavy (non-hydrogen) atoms. The third-order valence-electron chi connectivity index (χ3n) is 4.12. The number of rotatable bonds is 9. The second-order valence-electron chi connectivity index (χ2n) is 6.91. The summed E-state index contributed by atoms with van der Waals surface area (Å²) < 4.78 is 0. The van der Waals surface area contributed by atoms with Crippen LogP contribution < -0.4 is 5.32 Å². The van der Waals surface area contributed by atoms with Crippen molar-refractivity contribution < 1.29 is 0 Å². The van der Waals surface area contributed by atoms with Gasteiger partial charge in [0.25, 0.3) is 0 Å².